The van der Waals surface area contributed by atoms with Crippen molar-refractivity contribution in [1.29, 1.82) is 0 Å². The van der Waals surface area contributed by atoms with E-state index in [1.54, 1.807) is 30.3 Å². The highest BCUT2D eigenvalue weighted by atomic mass is 35.5. The van der Waals surface area contributed by atoms with Crippen LogP contribution in [0.5, 0.6) is 17.2 Å². The molecule has 0 fully saturated rings. The Morgan fingerprint density at radius 1 is 1.00 bits per heavy atom. The molecule has 0 aliphatic carbocycles. The van der Waals surface area contributed by atoms with E-state index in [4.69, 9.17) is 25.8 Å². The summed E-state index contributed by atoms with van der Waals surface area (Å²) < 4.78 is 16.7. The van der Waals surface area contributed by atoms with Crippen LogP contribution in [0.25, 0.3) is 10.8 Å². The van der Waals surface area contributed by atoms with Gasteiger partial charge in [-0.25, -0.2) is 0 Å². The quantitative estimate of drug-likeness (QED) is 0.745. The lowest BCUT2D eigenvalue weighted by atomic mass is 10.1. The molecular formula is C20H16ClNO4. The predicted octanol–water partition coefficient (Wildman–Crippen LogP) is 4.28. The van der Waals surface area contributed by atoms with Crippen molar-refractivity contribution in [2.45, 2.75) is 0 Å². The SMILES string of the molecule is O=C(COc1ccc(Cl)c2ccccc12)Nc1ccc2c(c1)OCCO2. The highest BCUT2D eigenvalue weighted by molar-refractivity contribution is 6.35. The van der Waals surface area contributed by atoms with Gasteiger partial charge in [-0.3, -0.25) is 4.79 Å². The van der Waals surface area contributed by atoms with E-state index in [-0.39, 0.29) is 12.5 Å². The Labute approximate surface area is 155 Å². The van der Waals surface area contributed by atoms with Crippen LogP contribution in [0, 0.1) is 0 Å². The molecule has 0 unspecified atom stereocenters. The number of halogens is 1. The van der Waals surface area contributed by atoms with E-state index in [1.165, 1.54) is 0 Å². The second kappa shape index (κ2) is 7.14. The van der Waals surface area contributed by atoms with Crippen LogP contribution in [0.3, 0.4) is 0 Å². The third-order valence-corrected chi connectivity index (χ3v) is 4.35. The van der Waals surface area contributed by atoms with Crippen LogP contribution in [-0.4, -0.2) is 25.7 Å². The second-order valence-corrected chi connectivity index (χ2v) is 6.19. The minimum Gasteiger partial charge on any atom is -0.486 e. The summed E-state index contributed by atoms with van der Waals surface area (Å²) in [6.45, 7) is 0.915. The number of nitrogens with one attached hydrogen (secondary N) is 1. The van der Waals surface area contributed by atoms with Gasteiger partial charge in [-0.2, -0.15) is 0 Å². The molecule has 0 saturated heterocycles. The lowest BCUT2D eigenvalue weighted by Crippen LogP contribution is -2.21. The van der Waals surface area contributed by atoms with Gasteiger partial charge in [-0.15, -0.1) is 0 Å². The van der Waals surface area contributed by atoms with Gasteiger partial charge in [0.2, 0.25) is 0 Å². The number of rotatable bonds is 4. The smallest absolute Gasteiger partial charge is 0.262 e. The van der Waals surface area contributed by atoms with Gasteiger partial charge in [-0.05, 0) is 24.3 Å². The Kier molecular flexibility index (Phi) is 4.54. The van der Waals surface area contributed by atoms with Crippen molar-refractivity contribution in [3.63, 3.8) is 0 Å². The second-order valence-electron chi connectivity index (χ2n) is 5.79. The molecule has 132 valence electrons. The molecule has 26 heavy (non-hydrogen) atoms. The molecule has 1 heterocycles. The van der Waals surface area contributed by atoms with Gasteiger partial charge >= 0.3 is 0 Å². The molecular weight excluding hydrogens is 354 g/mol. The number of benzene rings is 3. The monoisotopic (exact) mass is 369 g/mol. The number of carbonyl (C=O) groups is 1. The molecule has 1 aliphatic heterocycles. The number of amides is 1. The molecule has 1 amide bonds. The lowest BCUT2D eigenvalue weighted by Gasteiger charge is -2.19. The number of ether oxygens (including phenoxy) is 3. The first-order chi connectivity index (χ1) is 12.7. The fourth-order valence-electron chi connectivity index (χ4n) is 2.82. The van der Waals surface area contributed by atoms with Crippen molar-refractivity contribution in [2.75, 3.05) is 25.1 Å². The van der Waals surface area contributed by atoms with E-state index in [0.29, 0.717) is 41.2 Å². The Balaban J connectivity index is 1.44. The zero-order valence-electron chi connectivity index (χ0n) is 13.8. The molecule has 3 aromatic rings. The molecule has 0 spiro atoms. The lowest BCUT2D eigenvalue weighted by molar-refractivity contribution is -0.118. The molecule has 0 atom stereocenters. The summed E-state index contributed by atoms with van der Waals surface area (Å²) in [4.78, 5) is 12.2. The molecule has 4 rings (SSSR count). The molecule has 6 heteroatoms. The largest absolute Gasteiger partial charge is 0.486 e. The third kappa shape index (κ3) is 3.39. The van der Waals surface area contributed by atoms with Gasteiger partial charge in [0.1, 0.15) is 19.0 Å². The van der Waals surface area contributed by atoms with Gasteiger partial charge in [-0.1, -0.05) is 35.9 Å². The maximum absolute atomic E-state index is 12.2. The van der Waals surface area contributed by atoms with Crippen molar-refractivity contribution < 1.29 is 19.0 Å². The molecule has 1 aliphatic rings. The zero-order chi connectivity index (χ0) is 17.9. The van der Waals surface area contributed by atoms with Gasteiger partial charge in [0, 0.05) is 27.5 Å². The van der Waals surface area contributed by atoms with Crippen molar-refractivity contribution in [1.82, 2.24) is 0 Å². The third-order valence-electron chi connectivity index (χ3n) is 4.02. The van der Waals surface area contributed by atoms with Crippen LogP contribution in [0.2, 0.25) is 5.02 Å². The summed E-state index contributed by atoms with van der Waals surface area (Å²) in [5.41, 5.74) is 0.629. The molecule has 3 aromatic carbocycles. The van der Waals surface area contributed by atoms with Crippen molar-refractivity contribution >= 4 is 34.0 Å². The number of anilines is 1. The molecule has 0 bridgehead atoms. The average Bonchev–Trinajstić information content (AvgIpc) is 2.68. The van der Waals surface area contributed by atoms with E-state index in [1.807, 2.05) is 24.3 Å². The standard InChI is InChI=1S/C20H16ClNO4/c21-16-6-8-17(15-4-2-1-3-14(15)16)26-12-20(23)22-13-5-7-18-19(11-13)25-10-9-24-18/h1-8,11H,9-10,12H2,(H,22,23). The first-order valence-corrected chi connectivity index (χ1v) is 8.58. The van der Waals surface area contributed by atoms with Gasteiger partial charge < -0.3 is 19.5 Å². The summed E-state index contributed by atoms with van der Waals surface area (Å²) in [7, 11) is 0. The normalized spacial score (nSPS) is 12.7. The van der Waals surface area contributed by atoms with E-state index < -0.39 is 0 Å². The summed E-state index contributed by atoms with van der Waals surface area (Å²) in [5, 5.41) is 5.20. The Morgan fingerprint density at radius 3 is 2.62 bits per heavy atom. The van der Waals surface area contributed by atoms with E-state index in [0.717, 1.165) is 10.8 Å². The summed E-state index contributed by atoms with van der Waals surface area (Å²) >= 11 is 6.20. The molecule has 0 aromatic heterocycles. The van der Waals surface area contributed by atoms with E-state index >= 15 is 0 Å². The number of fused-ring (bicyclic) bond motifs is 2. The Morgan fingerprint density at radius 2 is 1.77 bits per heavy atom. The summed E-state index contributed by atoms with van der Waals surface area (Å²) in [5.74, 6) is 1.65. The van der Waals surface area contributed by atoms with Crippen molar-refractivity contribution in [2.24, 2.45) is 0 Å². The van der Waals surface area contributed by atoms with Crippen LogP contribution in [-0.2, 0) is 4.79 Å². The van der Waals surface area contributed by atoms with Crippen LogP contribution in [0.1, 0.15) is 0 Å². The van der Waals surface area contributed by atoms with E-state index in [2.05, 4.69) is 5.32 Å². The van der Waals surface area contributed by atoms with Crippen molar-refractivity contribution in [3.05, 3.63) is 59.6 Å². The summed E-state index contributed by atoms with van der Waals surface area (Å²) in [6.07, 6.45) is 0. The first-order valence-electron chi connectivity index (χ1n) is 8.20. The highest BCUT2D eigenvalue weighted by Crippen LogP contribution is 2.33. The topological polar surface area (TPSA) is 56.8 Å². The molecule has 0 saturated carbocycles. The predicted molar refractivity (Wildman–Crippen MR) is 101 cm³/mol. The average molecular weight is 370 g/mol. The minimum absolute atomic E-state index is 0.111. The minimum atomic E-state index is -0.263. The fraction of sp³-hybridized carbons (Fsp3) is 0.150. The van der Waals surface area contributed by atoms with Gasteiger partial charge in [0.15, 0.2) is 18.1 Å². The van der Waals surface area contributed by atoms with Crippen LogP contribution in [0.4, 0.5) is 5.69 Å². The van der Waals surface area contributed by atoms with Crippen LogP contribution in [0.15, 0.2) is 54.6 Å². The maximum Gasteiger partial charge on any atom is 0.262 e. The maximum atomic E-state index is 12.2. The number of hydrogen-bond acceptors (Lipinski definition) is 4. The molecule has 0 radical (unpaired) electrons. The first kappa shape index (κ1) is 16.5. The molecule has 1 N–H and O–H groups in total. The highest BCUT2D eigenvalue weighted by Gasteiger charge is 2.13. The van der Waals surface area contributed by atoms with Crippen LogP contribution < -0.4 is 19.5 Å². The van der Waals surface area contributed by atoms with Crippen molar-refractivity contribution in [3.8, 4) is 17.2 Å². The zero-order valence-corrected chi connectivity index (χ0v) is 14.6. The Bertz CT molecular complexity index is 973. The van der Waals surface area contributed by atoms with Crippen LogP contribution >= 0.6 is 11.6 Å². The fourth-order valence-corrected chi connectivity index (χ4v) is 3.05. The van der Waals surface area contributed by atoms with E-state index in [9.17, 15) is 4.79 Å². The van der Waals surface area contributed by atoms with Gasteiger partial charge in [0.25, 0.3) is 5.91 Å². The number of carbonyl (C=O) groups excluding carboxylic acids is 1. The molecule has 5 nitrogen and oxygen atoms in total. The summed E-state index contributed by atoms with van der Waals surface area (Å²) in [6, 6.07) is 16.5. The van der Waals surface area contributed by atoms with Gasteiger partial charge in [0.05, 0.1) is 0 Å². The Hall–Kier alpha value is -2.92. The number of hydrogen-bond donors (Lipinski definition) is 1.